The third kappa shape index (κ3) is 2.95. The molecule has 6 nitrogen and oxygen atoms in total. The van der Waals surface area contributed by atoms with Crippen molar-refractivity contribution in [1.29, 1.82) is 0 Å². The fourth-order valence-corrected chi connectivity index (χ4v) is 1.60. The summed E-state index contributed by atoms with van der Waals surface area (Å²) in [6.45, 7) is 0.397. The lowest BCUT2D eigenvalue weighted by Gasteiger charge is -2.03. The van der Waals surface area contributed by atoms with Crippen molar-refractivity contribution in [3.05, 3.63) is 29.1 Å². The van der Waals surface area contributed by atoms with Gasteiger partial charge in [-0.3, -0.25) is 0 Å². The van der Waals surface area contributed by atoms with E-state index in [9.17, 15) is 5.11 Å². The molecule has 90 valence electrons. The molecular formula is C10H11BrN4O2. The van der Waals surface area contributed by atoms with Gasteiger partial charge in [0.1, 0.15) is 22.9 Å². The summed E-state index contributed by atoms with van der Waals surface area (Å²) in [5.41, 5.74) is 0.798. The van der Waals surface area contributed by atoms with Gasteiger partial charge in [-0.25, -0.2) is 9.67 Å². The summed E-state index contributed by atoms with van der Waals surface area (Å²) in [5, 5.41) is 16.5. The van der Waals surface area contributed by atoms with Crippen molar-refractivity contribution in [2.45, 2.75) is 6.73 Å². The van der Waals surface area contributed by atoms with E-state index < -0.39 is 0 Å². The molecule has 0 atom stereocenters. The number of hydrogen-bond donors (Lipinski definition) is 2. The first-order valence-corrected chi connectivity index (χ1v) is 5.62. The lowest BCUT2D eigenvalue weighted by atomic mass is 10.4. The third-order valence-corrected chi connectivity index (χ3v) is 2.58. The van der Waals surface area contributed by atoms with Gasteiger partial charge in [-0.05, 0) is 28.1 Å². The minimum atomic E-state index is 0.102. The summed E-state index contributed by atoms with van der Waals surface area (Å²) >= 11 is 3.15. The zero-order valence-corrected chi connectivity index (χ0v) is 10.7. The SMILES string of the molecule is COCn1cc(Nc2ccc(O)c(Br)n2)cn1. The van der Waals surface area contributed by atoms with Gasteiger partial charge in [0.15, 0.2) is 0 Å². The zero-order valence-electron chi connectivity index (χ0n) is 9.09. The number of ether oxygens (including phenoxy) is 1. The average molecular weight is 299 g/mol. The number of aromatic hydroxyl groups is 1. The van der Waals surface area contributed by atoms with Gasteiger partial charge in [0.05, 0.1) is 18.1 Å². The summed E-state index contributed by atoms with van der Waals surface area (Å²) in [4.78, 5) is 4.11. The van der Waals surface area contributed by atoms with Gasteiger partial charge < -0.3 is 15.2 Å². The minimum absolute atomic E-state index is 0.102. The fourth-order valence-electron chi connectivity index (χ4n) is 1.28. The molecule has 0 spiro atoms. The van der Waals surface area contributed by atoms with Crippen LogP contribution in [0.1, 0.15) is 0 Å². The summed E-state index contributed by atoms with van der Waals surface area (Å²) < 4.78 is 6.99. The van der Waals surface area contributed by atoms with Gasteiger partial charge in [0, 0.05) is 7.11 Å². The van der Waals surface area contributed by atoms with Crippen LogP contribution in [0.2, 0.25) is 0 Å². The van der Waals surface area contributed by atoms with E-state index in [1.165, 1.54) is 0 Å². The predicted molar refractivity (Wildman–Crippen MR) is 66.1 cm³/mol. The van der Waals surface area contributed by atoms with Crippen LogP contribution in [0.5, 0.6) is 5.75 Å². The van der Waals surface area contributed by atoms with Crippen LogP contribution in [0.4, 0.5) is 11.5 Å². The molecule has 2 aromatic rings. The first-order chi connectivity index (χ1) is 8.19. The maximum Gasteiger partial charge on any atom is 0.150 e. The van der Waals surface area contributed by atoms with E-state index in [1.54, 1.807) is 36.3 Å². The van der Waals surface area contributed by atoms with Gasteiger partial charge in [0.25, 0.3) is 0 Å². The average Bonchev–Trinajstić information content (AvgIpc) is 2.72. The molecule has 0 amide bonds. The van der Waals surface area contributed by atoms with Crippen LogP contribution in [-0.2, 0) is 11.5 Å². The van der Waals surface area contributed by atoms with Crippen LogP contribution < -0.4 is 5.32 Å². The van der Waals surface area contributed by atoms with E-state index in [0.717, 1.165) is 5.69 Å². The normalized spacial score (nSPS) is 10.5. The van der Waals surface area contributed by atoms with Gasteiger partial charge in [-0.15, -0.1) is 0 Å². The van der Waals surface area contributed by atoms with Crippen molar-refractivity contribution in [3.8, 4) is 5.75 Å². The van der Waals surface area contributed by atoms with Crippen molar-refractivity contribution in [1.82, 2.24) is 14.8 Å². The number of anilines is 2. The van der Waals surface area contributed by atoms with E-state index in [2.05, 4.69) is 31.3 Å². The number of rotatable bonds is 4. The lowest BCUT2D eigenvalue weighted by Crippen LogP contribution is -1.99. The van der Waals surface area contributed by atoms with Gasteiger partial charge in [0.2, 0.25) is 0 Å². The quantitative estimate of drug-likeness (QED) is 0.846. The number of halogens is 1. The highest BCUT2D eigenvalue weighted by molar-refractivity contribution is 9.10. The lowest BCUT2D eigenvalue weighted by molar-refractivity contribution is 0.120. The van der Waals surface area contributed by atoms with Crippen LogP contribution in [-0.4, -0.2) is 27.0 Å². The Balaban J connectivity index is 2.11. The molecular weight excluding hydrogens is 288 g/mol. The highest BCUT2D eigenvalue weighted by Gasteiger charge is 2.03. The summed E-state index contributed by atoms with van der Waals surface area (Å²) in [6, 6.07) is 3.23. The molecule has 0 saturated heterocycles. The van der Waals surface area contributed by atoms with E-state index in [-0.39, 0.29) is 5.75 Å². The second kappa shape index (κ2) is 5.15. The van der Waals surface area contributed by atoms with E-state index in [1.807, 2.05) is 0 Å². The number of methoxy groups -OCH3 is 1. The molecule has 0 radical (unpaired) electrons. The molecule has 0 unspecified atom stereocenters. The Morgan fingerprint density at radius 1 is 1.53 bits per heavy atom. The van der Waals surface area contributed by atoms with Crippen LogP contribution in [0.15, 0.2) is 29.1 Å². The maximum absolute atomic E-state index is 9.31. The molecule has 7 heteroatoms. The second-order valence-corrected chi connectivity index (χ2v) is 4.07. The first kappa shape index (κ1) is 11.9. The Labute approximate surface area is 106 Å². The summed E-state index contributed by atoms with van der Waals surface area (Å²) in [7, 11) is 1.60. The molecule has 0 aromatic carbocycles. The topological polar surface area (TPSA) is 72.2 Å². The van der Waals surface area contributed by atoms with Crippen molar-refractivity contribution < 1.29 is 9.84 Å². The third-order valence-electron chi connectivity index (χ3n) is 2.00. The largest absolute Gasteiger partial charge is 0.505 e. The zero-order chi connectivity index (χ0) is 12.3. The summed E-state index contributed by atoms with van der Waals surface area (Å²) in [5.74, 6) is 0.720. The standard InChI is InChI=1S/C10H11BrN4O2/c1-17-6-15-5-7(4-12-15)13-9-3-2-8(16)10(11)14-9/h2-5,16H,6H2,1H3,(H,13,14). The van der Waals surface area contributed by atoms with Crippen molar-refractivity contribution >= 4 is 27.4 Å². The van der Waals surface area contributed by atoms with E-state index >= 15 is 0 Å². The molecule has 0 saturated carbocycles. The van der Waals surface area contributed by atoms with Crippen molar-refractivity contribution in [2.24, 2.45) is 0 Å². The Hall–Kier alpha value is -1.60. The van der Waals surface area contributed by atoms with Gasteiger partial charge in [-0.1, -0.05) is 0 Å². The smallest absolute Gasteiger partial charge is 0.150 e. The molecule has 0 fully saturated rings. The molecule has 0 aliphatic heterocycles. The molecule has 0 bridgehead atoms. The second-order valence-electron chi connectivity index (χ2n) is 3.32. The van der Waals surface area contributed by atoms with Gasteiger partial charge >= 0.3 is 0 Å². The first-order valence-electron chi connectivity index (χ1n) is 4.83. The Kier molecular flexibility index (Phi) is 3.60. The van der Waals surface area contributed by atoms with Crippen LogP contribution in [0, 0.1) is 0 Å². The molecule has 17 heavy (non-hydrogen) atoms. The highest BCUT2D eigenvalue weighted by Crippen LogP contribution is 2.24. The predicted octanol–water partition coefficient (Wildman–Crippen LogP) is 2.09. The van der Waals surface area contributed by atoms with Crippen LogP contribution in [0.25, 0.3) is 0 Å². The molecule has 0 aliphatic carbocycles. The fraction of sp³-hybridized carbons (Fsp3) is 0.200. The molecule has 2 heterocycles. The Morgan fingerprint density at radius 3 is 3.06 bits per heavy atom. The van der Waals surface area contributed by atoms with Crippen molar-refractivity contribution in [2.75, 3.05) is 12.4 Å². The minimum Gasteiger partial charge on any atom is -0.505 e. The van der Waals surface area contributed by atoms with E-state index in [4.69, 9.17) is 4.74 Å². The molecule has 2 N–H and O–H groups in total. The van der Waals surface area contributed by atoms with Crippen molar-refractivity contribution in [3.63, 3.8) is 0 Å². The molecule has 2 aromatic heterocycles. The number of aromatic nitrogens is 3. The maximum atomic E-state index is 9.31. The van der Waals surface area contributed by atoms with Crippen LogP contribution in [0.3, 0.4) is 0 Å². The van der Waals surface area contributed by atoms with Crippen LogP contribution >= 0.6 is 15.9 Å². The monoisotopic (exact) mass is 298 g/mol. The highest BCUT2D eigenvalue weighted by atomic mass is 79.9. The summed E-state index contributed by atoms with van der Waals surface area (Å²) in [6.07, 6.45) is 3.47. The Morgan fingerprint density at radius 2 is 2.35 bits per heavy atom. The Bertz CT molecular complexity index is 515. The molecule has 2 rings (SSSR count). The number of hydrogen-bond acceptors (Lipinski definition) is 5. The number of pyridine rings is 1. The number of nitrogens with zero attached hydrogens (tertiary/aromatic N) is 3. The number of nitrogens with one attached hydrogen (secondary N) is 1. The molecule has 0 aliphatic rings. The van der Waals surface area contributed by atoms with E-state index in [0.29, 0.717) is 17.2 Å². The van der Waals surface area contributed by atoms with Gasteiger partial charge in [-0.2, -0.15) is 5.10 Å².